The Hall–Kier alpha value is -4.03. The molecule has 0 fully saturated rings. The minimum absolute atomic E-state index is 0.150. The highest BCUT2D eigenvalue weighted by Gasteiger charge is 2.23. The van der Waals surface area contributed by atoms with Crippen LogP contribution in [0, 0.1) is 6.92 Å². The molecule has 176 valence electrons. The Morgan fingerprint density at radius 2 is 1.51 bits per heavy atom. The quantitative estimate of drug-likeness (QED) is 0.273. The molecule has 2 N–H and O–H groups in total. The molecule has 0 saturated heterocycles. The second-order valence-corrected chi connectivity index (χ2v) is 9.12. The fraction of sp³-hybridized carbons (Fsp3) is 0.103. The summed E-state index contributed by atoms with van der Waals surface area (Å²) < 4.78 is 5.38. The summed E-state index contributed by atoms with van der Waals surface area (Å²) in [6.07, 6.45) is 0. The van der Waals surface area contributed by atoms with E-state index in [2.05, 4.69) is 10.6 Å². The number of hydrogen-bond donors (Lipinski definition) is 2. The van der Waals surface area contributed by atoms with E-state index in [9.17, 15) is 9.59 Å². The number of para-hydroxylation sites is 2. The molecule has 0 spiro atoms. The van der Waals surface area contributed by atoms with Gasteiger partial charge in [0, 0.05) is 16.1 Å². The Bertz CT molecular complexity index is 1310. The first-order valence-corrected chi connectivity index (χ1v) is 12.0. The Morgan fingerprint density at radius 3 is 2.23 bits per heavy atom. The largest absolute Gasteiger partial charge is 0.495 e. The van der Waals surface area contributed by atoms with Crippen LogP contribution < -0.4 is 15.4 Å². The topological polar surface area (TPSA) is 67.4 Å². The Kier molecular flexibility index (Phi) is 7.85. The summed E-state index contributed by atoms with van der Waals surface area (Å²) in [6.45, 7) is 1.95. The minimum atomic E-state index is -0.478. The molecule has 1 unspecified atom stereocenters. The summed E-state index contributed by atoms with van der Waals surface area (Å²) in [5.41, 5.74) is 3.84. The molecule has 0 bridgehead atoms. The van der Waals surface area contributed by atoms with Gasteiger partial charge in [-0.25, -0.2) is 0 Å². The zero-order valence-corrected chi connectivity index (χ0v) is 20.3. The van der Waals surface area contributed by atoms with E-state index in [1.54, 1.807) is 13.2 Å². The number of carbonyl (C=O) groups is 2. The monoisotopic (exact) mass is 482 g/mol. The van der Waals surface area contributed by atoms with Crippen LogP contribution in [0.25, 0.3) is 0 Å². The second-order valence-electron chi connectivity index (χ2n) is 7.95. The van der Waals surface area contributed by atoms with E-state index in [4.69, 9.17) is 4.74 Å². The summed E-state index contributed by atoms with van der Waals surface area (Å²) in [5.74, 6) is 0.293. The Balaban J connectivity index is 1.50. The van der Waals surface area contributed by atoms with Crippen molar-refractivity contribution in [3.8, 4) is 5.75 Å². The maximum atomic E-state index is 13.3. The number of hydrogen-bond acceptors (Lipinski definition) is 4. The summed E-state index contributed by atoms with van der Waals surface area (Å²) in [7, 11) is 1.58. The summed E-state index contributed by atoms with van der Waals surface area (Å²) >= 11 is 1.44. The highest BCUT2D eigenvalue weighted by molar-refractivity contribution is 8.00. The molecule has 4 rings (SSSR count). The van der Waals surface area contributed by atoms with Crippen molar-refractivity contribution in [2.75, 3.05) is 17.7 Å². The molecular weight excluding hydrogens is 456 g/mol. The summed E-state index contributed by atoms with van der Waals surface area (Å²) in [4.78, 5) is 26.8. The fourth-order valence-electron chi connectivity index (χ4n) is 3.59. The van der Waals surface area contributed by atoms with Gasteiger partial charge in [0.2, 0.25) is 5.91 Å². The van der Waals surface area contributed by atoms with Crippen LogP contribution in [0.2, 0.25) is 0 Å². The molecule has 6 heteroatoms. The highest BCUT2D eigenvalue weighted by Crippen LogP contribution is 2.37. The zero-order valence-electron chi connectivity index (χ0n) is 19.5. The zero-order chi connectivity index (χ0) is 24.6. The van der Waals surface area contributed by atoms with E-state index in [1.807, 2.05) is 104 Å². The van der Waals surface area contributed by atoms with Gasteiger partial charge in [0.15, 0.2) is 0 Å². The van der Waals surface area contributed by atoms with Gasteiger partial charge in [0.25, 0.3) is 5.91 Å². The maximum Gasteiger partial charge on any atom is 0.255 e. The van der Waals surface area contributed by atoms with Crippen LogP contribution in [-0.4, -0.2) is 18.9 Å². The number of nitrogens with one attached hydrogen (secondary N) is 2. The van der Waals surface area contributed by atoms with Crippen LogP contribution in [0.15, 0.2) is 108 Å². The number of benzene rings is 4. The van der Waals surface area contributed by atoms with Gasteiger partial charge >= 0.3 is 0 Å². The van der Waals surface area contributed by atoms with Gasteiger partial charge in [0.1, 0.15) is 11.0 Å². The first-order chi connectivity index (χ1) is 17.0. The smallest absolute Gasteiger partial charge is 0.255 e. The third-order valence-corrected chi connectivity index (χ3v) is 6.62. The SMILES string of the molecule is COc1ccccc1NC(=O)C(Sc1ccc(NC(=O)c2cccc(C)c2)cc1)c1ccccc1. The predicted octanol–water partition coefficient (Wildman–Crippen LogP) is 6.73. The number of rotatable bonds is 8. The number of amides is 2. The molecule has 35 heavy (non-hydrogen) atoms. The van der Waals surface area contributed by atoms with Gasteiger partial charge in [-0.15, -0.1) is 11.8 Å². The lowest BCUT2D eigenvalue weighted by molar-refractivity contribution is -0.115. The van der Waals surface area contributed by atoms with Crippen molar-refractivity contribution < 1.29 is 14.3 Å². The minimum Gasteiger partial charge on any atom is -0.495 e. The molecular formula is C29H26N2O3S. The average molecular weight is 483 g/mol. The number of methoxy groups -OCH3 is 1. The van der Waals surface area contributed by atoms with Crippen molar-refractivity contribution in [3.05, 3.63) is 120 Å². The molecule has 0 saturated carbocycles. The summed E-state index contributed by atoms with van der Waals surface area (Å²) in [5, 5.41) is 5.45. The number of anilines is 2. The maximum absolute atomic E-state index is 13.3. The fourth-order valence-corrected chi connectivity index (χ4v) is 4.61. The van der Waals surface area contributed by atoms with Crippen LogP contribution in [0.1, 0.15) is 26.7 Å². The summed E-state index contributed by atoms with van der Waals surface area (Å²) in [6, 6.07) is 31.9. The van der Waals surface area contributed by atoms with Crippen molar-refractivity contribution in [2.45, 2.75) is 17.1 Å². The van der Waals surface area contributed by atoms with Crippen LogP contribution in [0.4, 0.5) is 11.4 Å². The lowest BCUT2D eigenvalue weighted by Gasteiger charge is -2.18. The first kappa shape index (κ1) is 24.1. The molecule has 0 heterocycles. The molecule has 0 aliphatic carbocycles. The van der Waals surface area contributed by atoms with Crippen molar-refractivity contribution in [3.63, 3.8) is 0 Å². The van der Waals surface area contributed by atoms with E-state index in [-0.39, 0.29) is 11.8 Å². The molecule has 4 aromatic rings. The normalized spacial score (nSPS) is 11.4. The lowest BCUT2D eigenvalue weighted by Crippen LogP contribution is -2.19. The molecule has 2 amide bonds. The lowest BCUT2D eigenvalue weighted by atomic mass is 10.1. The van der Waals surface area contributed by atoms with Gasteiger partial charge < -0.3 is 15.4 Å². The van der Waals surface area contributed by atoms with Crippen LogP contribution >= 0.6 is 11.8 Å². The van der Waals surface area contributed by atoms with Crippen molar-refractivity contribution >= 4 is 35.0 Å². The van der Waals surface area contributed by atoms with Gasteiger partial charge in [-0.3, -0.25) is 9.59 Å². The number of thioether (sulfide) groups is 1. The van der Waals surface area contributed by atoms with Gasteiger partial charge in [-0.1, -0.05) is 60.2 Å². The Labute approximate surface area is 209 Å². The van der Waals surface area contributed by atoms with E-state index < -0.39 is 5.25 Å². The third kappa shape index (κ3) is 6.31. The first-order valence-electron chi connectivity index (χ1n) is 11.2. The third-order valence-electron chi connectivity index (χ3n) is 5.35. The molecule has 4 aromatic carbocycles. The van der Waals surface area contributed by atoms with E-state index in [0.29, 0.717) is 22.7 Å². The van der Waals surface area contributed by atoms with Gasteiger partial charge in [0.05, 0.1) is 12.8 Å². The average Bonchev–Trinajstić information content (AvgIpc) is 2.89. The van der Waals surface area contributed by atoms with E-state index >= 15 is 0 Å². The number of ether oxygens (including phenoxy) is 1. The molecule has 0 aliphatic rings. The molecule has 0 aromatic heterocycles. The number of carbonyl (C=O) groups excluding carboxylic acids is 2. The van der Waals surface area contributed by atoms with E-state index in [0.717, 1.165) is 16.0 Å². The molecule has 1 atom stereocenters. The van der Waals surface area contributed by atoms with Gasteiger partial charge in [-0.2, -0.15) is 0 Å². The van der Waals surface area contributed by atoms with Crippen molar-refractivity contribution in [2.24, 2.45) is 0 Å². The van der Waals surface area contributed by atoms with E-state index in [1.165, 1.54) is 11.8 Å². The standard InChI is InChI=1S/C29H26N2O3S/c1-20-9-8-12-22(19-20)28(32)30-23-15-17-24(18-16-23)35-27(21-10-4-3-5-11-21)29(33)31-25-13-6-7-14-26(25)34-2/h3-19,27H,1-2H3,(H,30,32)(H,31,33). The van der Waals surface area contributed by atoms with Crippen molar-refractivity contribution in [1.82, 2.24) is 0 Å². The molecule has 5 nitrogen and oxygen atoms in total. The molecule has 0 aliphatic heterocycles. The predicted molar refractivity (Wildman–Crippen MR) is 142 cm³/mol. The van der Waals surface area contributed by atoms with Crippen molar-refractivity contribution in [1.29, 1.82) is 0 Å². The van der Waals surface area contributed by atoms with Crippen LogP contribution in [0.5, 0.6) is 5.75 Å². The number of aryl methyl sites for hydroxylation is 1. The Morgan fingerprint density at radius 1 is 0.800 bits per heavy atom. The highest BCUT2D eigenvalue weighted by atomic mass is 32.2. The van der Waals surface area contributed by atoms with Crippen LogP contribution in [-0.2, 0) is 4.79 Å². The van der Waals surface area contributed by atoms with Crippen LogP contribution in [0.3, 0.4) is 0 Å². The van der Waals surface area contributed by atoms with Gasteiger partial charge in [-0.05, 0) is 61.0 Å². The second kappa shape index (κ2) is 11.4. The molecule has 0 radical (unpaired) electrons.